The van der Waals surface area contributed by atoms with Crippen LogP contribution in [0.3, 0.4) is 0 Å². The van der Waals surface area contributed by atoms with Crippen LogP contribution in [-0.2, 0) is 0 Å². The van der Waals surface area contributed by atoms with E-state index in [0.717, 1.165) is 5.92 Å². The summed E-state index contributed by atoms with van der Waals surface area (Å²) in [5, 5.41) is 0. The van der Waals surface area contributed by atoms with Gasteiger partial charge in [0.25, 0.3) is 0 Å². The van der Waals surface area contributed by atoms with E-state index in [1.54, 1.807) is 0 Å². The largest absolute Gasteiger partial charge is 0.306 e. The quantitative estimate of drug-likeness (QED) is 0.625. The third-order valence-corrected chi connectivity index (χ3v) is 3.52. The maximum Gasteiger partial charge on any atom is -0.00165 e. The van der Waals surface area contributed by atoms with Gasteiger partial charge in [-0.2, -0.15) is 0 Å². The topological polar surface area (TPSA) is 3.24 Å². The average Bonchev–Trinajstić information content (AvgIpc) is 2.28. The maximum atomic E-state index is 2.44. The molecule has 0 aromatic rings. The third kappa shape index (κ3) is 6.19. The predicted molar refractivity (Wildman–Crippen MR) is 72.4 cm³/mol. The SMILES string of the molecule is CC.CC.CC(C)C1(C)CCN(C)CC1. The molecule has 1 heterocycles. The Kier molecular flexibility index (Phi) is 10.7. The van der Waals surface area contributed by atoms with Gasteiger partial charge in [0.1, 0.15) is 0 Å². The van der Waals surface area contributed by atoms with Crippen LogP contribution in [-0.4, -0.2) is 25.0 Å². The lowest BCUT2D eigenvalue weighted by Crippen LogP contribution is -2.38. The smallest absolute Gasteiger partial charge is 0.00165 e. The molecule has 0 N–H and O–H groups in total. The van der Waals surface area contributed by atoms with E-state index in [0.29, 0.717) is 5.41 Å². The Hall–Kier alpha value is -0.0400. The van der Waals surface area contributed by atoms with Gasteiger partial charge >= 0.3 is 0 Å². The molecule has 1 nitrogen and oxygen atoms in total. The summed E-state index contributed by atoms with van der Waals surface area (Å²) >= 11 is 0. The van der Waals surface area contributed by atoms with Crippen LogP contribution < -0.4 is 0 Å². The van der Waals surface area contributed by atoms with E-state index in [1.807, 2.05) is 27.7 Å². The van der Waals surface area contributed by atoms with Gasteiger partial charge in [0.15, 0.2) is 0 Å². The molecule has 0 aromatic heterocycles. The molecule has 15 heavy (non-hydrogen) atoms. The molecule has 0 amide bonds. The highest BCUT2D eigenvalue weighted by Gasteiger charge is 2.31. The highest BCUT2D eigenvalue weighted by atomic mass is 15.1. The standard InChI is InChI=1S/C10H21N.2C2H6/c1-9(2)10(3)5-7-11(4)8-6-10;2*1-2/h9H,5-8H2,1-4H3;2*1-2H3. The lowest BCUT2D eigenvalue weighted by Gasteiger charge is -2.41. The molecule has 0 atom stereocenters. The van der Waals surface area contributed by atoms with Crippen LogP contribution in [0.15, 0.2) is 0 Å². The van der Waals surface area contributed by atoms with Gasteiger partial charge in [0, 0.05) is 0 Å². The Morgan fingerprint density at radius 3 is 1.53 bits per heavy atom. The highest BCUT2D eigenvalue weighted by Crippen LogP contribution is 2.37. The van der Waals surface area contributed by atoms with E-state index < -0.39 is 0 Å². The minimum Gasteiger partial charge on any atom is -0.306 e. The fourth-order valence-electron chi connectivity index (χ4n) is 1.71. The van der Waals surface area contributed by atoms with Crippen molar-refractivity contribution in [1.29, 1.82) is 0 Å². The summed E-state index contributed by atoms with van der Waals surface area (Å²) < 4.78 is 0. The Labute approximate surface area is 98.2 Å². The van der Waals surface area contributed by atoms with Crippen molar-refractivity contribution in [2.24, 2.45) is 11.3 Å². The van der Waals surface area contributed by atoms with Gasteiger partial charge in [-0.25, -0.2) is 0 Å². The first kappa shape index (κ1) is 17.4. The highest BCUT2D eigenvalue weighted by molar-refractivity contribution is 4.83. The minimum atomic E-state index is 0.618. The number of nitrogens with zero attached hydrogens (tertiary/aromatic N) is 1. The van der Waals surface area contributed by atoms with E-state index in [2.05, 4.69) is 32.7 Å². The molecule has 0 bridgehead atoms. The summed E-state index contributed by atoms with van der Waals surface area (Å²) in [6.45, 7) is 17.7. The van der Waals surface area contributed by atoms with Crippen LogP contribution in [0.2, 0.25) is 0 Å². The molecule has 1 saturated heterocycles. The molecule has 94 valence electrons. The molecule has 1 rings (SSSR count). The van der Waals surface area contributed by atoms with Crippen LogP contribution in [0.1, 0.15) is 61.3 Å². The van der Waals surface area contributed by atoms with Crippen molar-refractivity contribution in [2.45, 2.75) is 61.3 Å². The number of rotatable bonds is 1. The van der Waals surface area contributed by atoms with E-state index in [-0.39, 0.29) is 0 Å². The predicted octanol–water partition coefficient (Wildman–Crippen LogP) is 4.43. The van der Waals surface area contributed by atoms with Gasteiger partial charge < -0.3 is 4.90 Å². The number of hydrogen-bond donors (Lipinski definition) is 0. The number of hydrogen-bond acceptors (Lipinski definition) is 1. The fourth-order valence-corrected chi connectivity index (χ4v) is 1.71. The minimum absolute atomic E-state index is 0.618. The van der Waals surface area contributed by atoms with Crippen LogP contribution in [0.4, 0.5) is 0 Å². The summed E-state index contributed by atoms with van der Waals surface area (Å²) in [5.74, 6) is 0.844. The van der Waals surface area contributed by atoms with Gasteiger partial charge in [-0.1, -0.05) is 48.5 Å². The van der Waals surface area contributed by atoms with Crippen molar-refractivity contribution < 1.29 is 0 Å². The molecule has 1 aliphatic rings. The van der Waals surface area contributed by atoms with E-state index in [4.69, 9.17) is 0 Å². The summed E-state index contributed by atoms with van der Waals surface area (Å²) in [6.07, 6.45) is 2.75. The van der Waals surface area contributed by atoms with Crippen molar-refractivity contribution in [3.63, 3.8) is 0 Å². The van der Waals surface area contributed by atoms with E-state index in [9.17, 15) is 0 Å². The molecule has 0 aliphatic carbocycles. The monoisotopic (exact) mass is 215 g/mol. The second-order valence-electron chi connectivity index (χ2n) is 4.61. The second kappa shape index (κ2) is 9.21. The molecule has 1 heteroatoms. The molecule has 0 radical (unpaired) electrons. The van der Waals surface area contributed by atoms with Gasteiger partial charge in [-0.3, -0.25) is 0 Å². The van der Waals surface area contributed by atoms with E-state index >= 15 is 0 Å². The molecule has 0 unspecified atom stereocenters. The zero-order valence-electron chi connectivity index (χ0n) is 12.4. The molecule has 0 aromatic carbocycles. The first-order valence-corrected chi connectivity index (χ1v) is 6.73. The van der Waals surface area contributed by atoms with E-state index in [1.165, 1.54) is 25.9 Å². The summed E-state index contributed by atoms with van der Waals surface area (Å²) in [4.78, 5) is 2.43. The van der Waals surface area contributed by atoms with Gasteiger partial charge in [-0.15, -0.1) is 0 Å². The van der Waals surface area contributed by atoms with Crippen molar-refractivity contribution in [3.05, 3.63) is 0 Å². The number of piperidine rings is 1. The zero-order chi connectivity index (χ0) is 12.5. The van der Waals surface area contributed by atoms with Crippen molar-refractivity contribution in [2.75, 3.05) is 20.1 Å². The van der Waals surface area contributed by atoms with Crippen molar-refractivity contribution in [1.82, 2.24) is 4.90 Å². The van der Waals surface area contributed by atoms with Crippen molar-refractivity contribution >= 4 is 0 Å². The van der Waals surface area contributed by atoms with Crippen molar-refractivity contribution in [3.8, 4) is 0 Å². The normalized spacial score (nSPS) is 19.8. The lowest BCUT2D eigenvalue weighted by molar-refractivity contribution is 0.0929. The first-order chi connectivity index (χ1) is 7.04. The Bertz CT molecular complexity index is 121. The molecule has 1 fully saturated rings. The molecule has 0 spiro atoms. The molecule has 1 aliphatic heterocycles. The van der Waals surface area contributed by atoms with Gasteiger partial charge in [0.2, 0.25) is 0 Å². The first-order valence-electron chi connectivity index (χ1n) is 6.73. The lowest BCUT2D eigenvalue weighted by atomic mass is 9.72. The Morgan fingerprint density at radius 2 is 1.27 bits per heavy atom. The second-order valence-corrected chi connectivity index (χ2v) is 4.61. The van der Waals surface area contributed by atoms with Crippen LogP contribution in [0.5, 0.6) is 0 Å². The van der Waals surface area contributed by atoms with Crippen LogP contribution >= 0.6 is 0 Å². The fraction of sp³-hybridized carbons (Fsp3) is 1.00. The number of likely N-dealkylation sites (tertiary alicyclic amines) is 1. The molecular formula is C14H33N. The third-order valence-electron chi connectivity index (χ3n) is 3.52. The van der Waals surface area contributed by atoms with Crippen LogP contribution in [0, 0.1) is 11.3 Å². The Morgan fingerprint density at radius 1 is 0.933 bits per heavy atom. The molecule has 0 saturated carbocycles. The molecular weight excluding hydrogens is 182 g/mol. The maximum absolute atomic E-state index is 2.44. The Balaban J connectivity index is 0. The summed E-state index contributed by atoms with van der Waals surface area (Å²) in [7, 11) is 2.22. The van der Waals surface area contributed by atoms with Crippen LogP contribution in [0.25, 0.3) is 0 Å². The van der Waals surface area contributed by atoms with Gasteiger partial charge in [-0.05, 0) is 44.3 Å². The average molecular weight is 215 g/mol. The van der Waals surface area contributed by atoms with Gasteiger partial charge in [0.05, 0.1) is 0 Å². The summed E-state index contributed by atoms with van der Waals surface area (Å²) in [5.41, 5.74) is 0.618. The summed E-state index contributed by atoms with van der Waals surface area (Å²) in [6, 6.07) is 0. The zero-order valence-corrected chi connectivity index (χ0v) is 12.4.